The van der Waals surface area contributed by atoms with Crippen molar-refractivity contribution < 1.29 is 4.79 Å². The zero-order valence-electron chi connectivity index (χ0n) is 13.0. The van der Waals surface area contributed by atoms with E-state index in [0.717, 1.165) is 11.3 Å². The first-order chi connectivity index (χ1) is 11.1. The van der Waals surface area contributed by atoms with Crippen LogP contribution in [0, 0.1) is 6.92 Å². The van der Waals surface area contributed by atoms with Crippen molar-refractivity contribution in [3.05, 3.63) is 76.8 Å². The van der Waals surface area contributed by atoms with E-state index in [1.807, 2.05) is 36.4 Å². The van der Waals surface area contributed by atoms with E-state index in [0.29, 0.717) is 18.0 Å². The average Bonchev–Trinajstić information content (AvgIpc) is 2.56. The molecule has 0 heterocycles. The summed E-state index contributed by atoms with van der Waals surface area (Å²) in [5, 5.41) is 6.20. The normalized spacial score (nSPS) is 10.7. The van der Waals surface area contributed by atoms with Crippen LogP contribution >= 0.6 is 11.6 Å². The zero-order chi connectivity index (χ0) is 16.2. The first-order valence-corrected chi connectivity index (χ1v) is 7.99. The van der Waals surface area contributed by atoms with Crippen LogP contribution in [0.1, 0.15) is 11.1 Å². The molecule has 3 aromatic rings. The minimum absolute atomic E-state index is 0.156. The van der Waals surface area contributed by atoms with Gasteiger partial charge >= 0.3 is 0 Å². The molecule has 0 aliphatic rings. The predicted octanol–water partition coefficient (Wildman–Crippen LogP) is 5.03. The van der Waals surface area contributed by atoms with E-state index in [2.05, 4.69) is 36.5 Å². The summed E-state index contributed by atoms with van der Waals surface area (Å²) >= 11 is 5.94. The van der Waals surface area contributed by atoms with E-state index in [-0.39, 0.29) is 5.78 Å². The molecule has 0 amide bonds. The molecule has 0 aliphatic heterocycles. The number of fused-ring (bicyclic) bond motifs is 1. The lowest BCUT2D eigenvalue weighted by Gasteiger charge is -2.10. The summed E-state index contributed by atoms with van der Waals surface area (Å²) in [5.41, 5.74) is 3.13. The molecule has 0 aromatic heterocycles. The Balaban J connectivity index is 1.69. The summed E-state index contributed by atoms with van der Waals surface area (Å²) in [6.07, 6.45) is 0.435. The molecule has 0 atom stereocenters. The molecule has 0 fully saturated rings. The van der Waals surface area contributed by atoms with Gasteiger partial charge in [-0.2, -0.15) is 0 Å². The molecule has 0 saturated heterocycles. The molecule has 2 nitrogen and oxygen atoms in total. The third-order valence-electron chi connectivity index (χ3n) is 4.01. The number of hydrogen-bond donors (Lipinski definition) is 1. The third-order valence-corrected chi connectivity index (χ3v) is 4.25. The second kappa shape index (κ2) is 6.84. The van der Waals surface area contributed by atoms with Gasteiger partial charge in [0.1, 0.15) is 0 Å². The first-order valence-electron chi connectivity index (χ1n) is 7.62. The SMILES string of the molecule is Cc1c(CC(=O)CNc2cccc(Cl)c2)ccc2ccccc12. The molecular formula is C20H18ClNO. The van der Waals surface area contributed by atoms with Gasteiger partial charge in [-0.05, 0) is 47.0 Å². The van der Waals surface area contributed by atoms with Crippen molar-refractivity contribution in [1.82, 2.24) is 0 Å². The average molecular weight is 324 g/mol. The molecule has 3 heteroatoms. The van der Waals surface area contributed by atoms with Gasteiger partial charge < -0.3 is 5.32 Å². The van der Waals surface area contributed by atoms with Crippen LogP contribution in [-0.2, 0) is 11.2 Å². The Morgan fingerprint density at radius 2 is 1.87 bits per heavy atom. The summed E-state index contributed by atoms with van der Waals surface area (Å²) in [6, 6.07) is 19.8. The molecule has 23 heavy (non-hydrogen) atoms. The molecule has 116 valence electrons. The Hall–Kier alpha value is -2.32. The van der Waals surface area contributed by atoms with Crippen LogP contribution < -0.4 is 5.32 Å². The maximum absolute atomic E-state index is 12.3. The summed E-state index contributed by atoms with van der Waals surface area (Å²) in [5.74, 6) is 0.156. The Labute approximate surface area is 141 Å². The fourth-order valence-corrected chi connectivity index (χ4v) is 2.93. The zero-order valence-corrected chi connectivity index (χ0v) is 13.7. The lowest BCUT2D eigenvalue weighted by atomic mass is 9.97. The lowest BCUT2D eigenvalue weighted by molar-refractivity contribution is -0.116. The van der Waals surface area contributed by atoms with Crippen LogP contribution in [0.2, 0.25) is 5.02 Å². The number of aryl methyl sites for hydroxylation is 1. The number of rotatable bonds is 5. The molecule has 3 rings (SSSR count). The topological polar surface area (TPSA) is 29.1 Å². The van der Waals surface area contributed by atoms with E-state index < -0.39 is 0 Å². The molecule has 0 saturated carbocycles. The van der Waals surface area contributed by atoms with Crippen molar-refractivity contribution in [2.45, 2.75) is 13.3 Å². The maximum atomic E-state index is 12.3. The number of anilines is 1. The van der Waals surface area contributed by atoms with Gasteiger partial charge in [0.05, 0.1) is 6.54 Å². The number of nitrogens with one attached hydrogen (secondary N) is 1. The standard InChI is InChI=1S/C20H18ClNO/c1-14-16(10-9-15-5-2-3-8-20(14)15)11-19(23)13-22-18-7-4-6-17(21)12-18/h2-10,12,22H,11,13H2,1H3. The van der Waals surface area contributed by atoms with Crippen molar-refractivity contribution in [3.63, 3.8) is 0 Å². The van der Waals surface area contributed by atoms with Crippen LogP contribution in [0.5, 0.6) is 0 Å². The lowest BCUT2D eigenvalue weighted by Crippen LogP contribution is -2.16. The quantitative estimate of drug-likeness (QED) is 0.714. The van der Waals surface area contributed by atoms with Crippen LogP contribution in [0.3, 0.4) is 0 Å². The number of carbonyl (C=O) groups excluding carboxylic acids is 1. The van der Waals surface area contributed by atoms with Crippen LogP contribution in [0.15, 0.2) is 60.7 Å². The van der Waals surface area contributed by atoms with Crippen molar-refractivity contribution in [2.24, 2.45) is 0 Å². The van der Waals surface area contributed by atoms with Crippen molar-refractivity contribution >= 4 is 33.8 Å². The van der Waals surface area contributed by atoms with Gasteiger partial charge in [0.25, 0.3) is 0 Å². The van der Waals surface area contributed by atoms with E-state index in [1.165, 1.54) is 16.3 Å². The Kier molecular flexibility index (Phi) is 4.63. The van der Waals surface area contributed by atoms with Gasteiger partial charge in [-0.3, -0.25) is 4.79 Å². The van der Waals surface area contributed by atoms with Crippen molar-refractivity contribution in [1.29, 1.82) is 0 Å². The maximum Gasteiger partial charge on any atom is 0.156 e. The second-order valence-corrected chi connectivity index (χ2v) is 6.09. The molecule has 0 bridgehead atoms. The van der Waals surface area contributed by atoms with Gasteiger partial charge in [-0.25, -0.2) is 0 Å². The summed E-state index contributed by atoms with van der Waals surface area (Å²) in [7, 11) is 0. The monoisotopic (exact) mass is 323 g/mol. The van der Waals surface area contributed by atoms with E-state index in [4.69, 9.17) is 11.6 Å². The Morgan fingerprint density at radius 1 is 1.04 bits per heavy atom. The van der Waals surface area contributed by atoms with Crippen LogP contribution in [0.4, 0.5) is 5.69 Å². The summed E-state index contributed by atoms with van der Waals surface area (Å²) < 4.78 is 0. The van der Waals surface area contributed by atoms with Gasteiger partial charge in [0.15, 0.2) is 5.78 Å². The molecule has 0 spiro atoms. The number of benzene rings is 3. The van der Waals surface area contributed by atoms with E-state index in [9.17, 15) is 4.79 Å². The highest BCUT2D eigenvalue weighted by molar-refractivity contribution is 6.30. The van der Waals surface area contributed by atoms with Gasteiger partial charge in [-0.15, -0.1) is 0 Å². The number of Topliss-reactive ketones (excluding diaryl/α,β-unsaturated/α-hetero) is 1. The molecule has 0 unspecified atom stereocenters. The molecular weight excluding hydrogens is 306 g/mol. The number of hydrogen-bond acceptors (Lipinski definition) is 2. The number of halogens is 1. The fraction of sp³-hybridized carbons (Fsp3) is 0.150. The third kappa shape index (κ3) is 3.72. The van der Waals surface area contributed by atoms with Gasteiger partial charge in [0.2, 0.25) is 0 Å². The van der Waals surface area contributed by atoms with Crippen LogP contribution in [0.25, 0.3) is 10.8 Å². The van der Waals surface area contributed by atoms with Gasteiger partial charge in [0, 0.05) is 17.1 Å². The second-order valence-electron chi connectivity index (χ2n) is 5.65. The largest absolute Gasteiger partial charge is 0.378 e. The Bertz CT molecular complexity index is 857. The highest BCUT2D eigenvalue weighted by atomic mass is 35.5. The molecule has 0 radical (unpaired) electrons. The van der Waals surface area contributed by atoms with Crippen molar-refractivity contribution in [2.75, 3.05) is 11.9 Å². The molecule has 3 aromatic carbocycles. The fourth-order valence-electron chi connectivity index (χ4n) is 2.74. The number of ketones is 1. The first kappa shape index (κ1) is 15.6. The molecule has 1 N–H and O–H groups in total. The highest BCUT2D eigenvalue weighted by Crippen LogP contribution is 2.22. The smallest absolute Gasteiger partial charge is 0.156 e. The minimum atomic E-state index is 0.156. The predicted molar refractivity (Wildman–Crippen MR) is 97.3 cm³/mol. The Morgan fingerprint density at radius 3 is 2.70 bits per heavy atom. The minimum Gasteiger partial charge on any atom is -0.378 e. The number of carbonyl (C=O) groups is 1. The van der Waals surface area contributed by atoms with E-state index in [1.54, 1.807) is 0 Å². The summed E-state index contributed by atoms with van der Waals surface area (Å²) in [4.78, 5) is 12.3. The van der Waals surface area contributed by atoms with Crippen LogP contribution in [-0.4, -0.2) is 12.3 Å². The highest BCUT2D eigenvalue weighted by Gasteiger charge is 2.08. The van der Waals surface area contributed by atoms with E-state index >= 15 is 0 Å². The van der Waals surface area contributed by atoms with Gasteiger partial charge in [-0.1, -0.05) is 54.1 Å². The van der Waals surface area contributed by atoms with Crippen molar-refractivity contribution in [3.8, 4) is 0 Å². The summed E-state index contributed by atoms with van der Waals surface area (Å²) in [6.45, 7) is 2.38. The molecule has 0 aliphatic carbocycles.